The second-order valence-electron chi connectivity index (χ2n) is 7.90. The van der Waals surface area contributed by atoms with Crippen molar-refractivity contribution < 1.29 is 4.79 Å². The molecular weight excluding hydrogens is 411 g/mol. The van der Waals surface area contributed by atoms with Crippen molar-refractivity contribution in [1.29, 1.82) is 0 Å². The maximum atomic E-state index is 12.5. The first-order valence-electron chi connectivity index (χ1n) is 9.34. The molecule has 1 saturated heterocycles. The lowest BCUT2D eigenvalue weighted by molar-refractivity contribution is 0.0942. The minimum atomic E-state index is -0.129. The van der Waals surface area contributed by atoms with Crippen LogP contribution in [0.3, 0.4) is 0 Å². The van der Waals surface area contributed by atoms with Crippen LogP contribution in [0.2, 0.25) is 10.0 Å². The number of carbonyl (C=O) groups excluding carboxylic acids is 1. The van der Waals surface area contributed by atoms with Gasteiger partial charge in [0.1, 0.15) is 0 Å². The average molecular weight is 433 g/mol. The van der Waals surface area contributed by atoms with E-state index in [2.05, 4.69) is 18.3 Å². The molecule has 28 heavy (non-hydrogen) atoms. The van der Waals surface area contributed by atoms with E-state index in [1.54, 1.807) is 6.07 Å². The quantitative estimate of drug-likeness (QED) is 0.711. The predicted octanol–water partition coefficient (Wildman–Crippen LogP) is 5.30. The van der Waals surface area contributed by atoms with Crippen molar-refractivity contribution in [3.05, 3.63) is 68.7 Å². The fraction of sp³-hybridized carbons (Fsp3) is 0.364. The molecule has 0 spiro atoms. The van der Waals surface area contributed by atoms with Crippen LogP contribution in [0.1, 0.15) is 40.4 Å². The molecule has 3 nitrogen and oxygen atoms in total. The van der Waals surface area contributed by atoms with Gasteiger partial charge in [-0.1, -0.05) is 36.2 Å². The van der Waals surface area contributed by atoms with E-state index in [1.807, 2.05) is 43.0 Å². The van der Waals surface area contributed by atoms with E-state index in [1.165, 1.54) is 0 Å². The van der Waals surface area contributed by atoms with E-state index in [0.717, 1.165) is 45.9 Å². The number of nitrogens with zero attached hydrogens (tertiary/aromatic N) is 1. The molecule has 1 N–H and O–H groups in total. The standard InChI is InChI=1S/C22H22Cl2N2OS/c1-13-5-14(3-4-19(13)21(27)26-18-10-28-11-18)20-9-22(2,12-25-20)15-6-16(23)8-17(24)7-15/h3-8,18H,9-12H2,1-2H3,(H,26,27). The van der Waals surface area contributed by atoms with E-state index in [9.17, 15) is 4.79 Å². The number of hydrogen-bond acceptors (Lipinski definition) is 3. The monoisotopic (exact) mass is 432 g/mol. The second kappa shape index (κ2) is 7.74. The van der Waals surface area contributed by atoms with Gasteiger partial charge >= 0.3 is 0 Å². The number of benzene rings is 2. The highest BCUT2D eigenvalue weighted by atomic mass is 35.5. The van der Waals surface area contributed by atoms with Crippen LogP contribution in [0.4, 0.5) is 0 Å². The van der Waals surface area contributed by atoms with Gasteiger partial charge in [-0.25, -0.2) is 0 Å². The third kappa shape index (κ3) is 3.96. The molecule has 2 heterocycles. The number of halogens is 2. The number of thioether (sulfide) groups is 1. The summed E-state index contributed by atoms with van der Waals surface area (Å²) in [6.07, 6.45) is 0.813. The van der Waals surface area contributed by atoms with Crippen molar-refractivity contribution in [2.45, 2.75) is 31.7 Å². The number of nitrogens with one attached hydrogen (secondary N) is 1. The van der Waals surface area contributed by atoms with Gasteiger partial charge < -0.3 is 5.32 Å². The Morgan fingerprint density at radius 3 is 2.50 bits per heavy atom. The Morgan fingerprint density at radius 1 is 1.18 bits per heavy atom. The SMILES string of the molecule is Cc1cc(C2=NCC(C)(c3cc(Cl)cc(Cl)c3)C2)ccc1C(=O)NC1CSC1. The first kappa shape index (κ1) is 19.8. The summed E-state index contributed by atoms with van der Waals surface area (Å²) >= 11 is 14.3. The molecule has 2 aliphatic heterocycles. The van der Waals surface area contributed by atoms with E-state index >= 15 is 0 Å². The van der Waals surface area contributed by atoms with Crippen molar-refractivity contribution >= 4 is 46.6 Å². The first-order chi connectivity index (χ1) is 13.3. The molecule has 0 saturated carbocycles. The largest absolute Gasteiger partial charge is 0.348 e. The Labute approximate surface area is 179 Å². The zero-order valence-corrected chi connectivity index (χ0v) is 18.2. The van der Waals surface area contributed by atoms with Crippen molar-refractivity contribution in [1.82, 2.24) is 5.32 Å². The fourth-order valence-electron chi connectivity index (χ4n) is 3.72. The Hall–Kier alpha value is -1.49. The fourth-order valence-corrected chi connectivity index (χ4v) is 4.88. The number of hydrogen-bond donors (Lipinski definition) is 1. The van der Waals surface area contributed by atoms with Gasteiger partial charge in [0.2, 0.25) is 0 Å². The number of aryl methyl sites for hydroxylation is 1. The molecule has 2 aromatic rings. The van der Waals surface area contributed by atoms with Crippen molar-refractivity contribution in [2.24, 2.45) is 4.99 Å². The van der Waals surface area contributed by atoms with Gasteiger partial charge in [-0.2, -0.15) is 11.8 Å². The van der Waals surface area contributed by atoms with E-state index in [0.29, 0.717) is 22.6 Å². The number of amides is 1. The molecule has 1 unspecified atom stereocenters. The van der Waals surface area contributed by atoms with Crippen LogP contribution < -0.4 is 5.32 Å². The molecule has 6 heteroatoms. The van der Waals surface area contributed by atoms with E-state index in [-0.39, 0.29) is 11.3 Å². The molecular formula is C22H22Cl2N2OS. The Morgan fingerprint density at radius 2 is 1.89 bits per heavy atom. The highest BCUT2D eigenvalue weighted by Crippen LogP contribution is 2.37. The minimum Gasteiger partial charge on any atom is -0.348 e. The number of carbonyl (C=O) groups is 1. The summed E-state index contributed by atoms with van der Waals surface area (Å²) in [5, 5.41) is 4.39. The van der Waals surface area contributed by atoms with Gasteiger partial charge in [-0.15, -0.1) is 0 Å². The normalized spacial score (nSPS) is 21.9. The number of aliphatic imine (C=N–C) groups is 1. The topological polar surface area (TPSA) is 41.5 Å². The maximum Gasteiger partial charge on any atom is 0.251 e. The summed E-state index contributed by atoms with van der Waals surface area (Å²) in [4.78, 5) is 17.3. The highest BCUT2D eigenvalue weighted by molar-refractivity contribution is 8.00. The molecule has 1 fully saturated rings. The van der Waals surface area contributed by atoms with Crippen LogP contribution in [0.15, 0.2) is 41.4 Å². The van der Waals surface area contributed by atoms with Gasteiger partial charge in [-0.3, -0.25) is 9.79 Å². The molecule has 2 aliphatic rings. The smallest absolute Gasteiger partial charge is 0.251 e. The minimum absolute atomic E-state index is 0.0149. The van der Waals surface area contributed by atoms with Gasteiger partial charge in [-0.05, 0) is 53.9 Å². The zero-order chi connectivity index (χ0) is 19.9. The number of rotatable bonds is 4. The summed E-state index contributed by atoms with van der Waals surface area (Å²) in [6.45, 7) is 4.87. The van der Waals surface area contributed by atoms with E-state index < -0.39 is 0 Å². The highest BCUT2D eigenvalue weighted by Gasteiger charge is 2.34. The molecule has 0 bridgehead atoms. The third-order valence-corrected chi connectivity index (χ3v) is 7.23. The second-order valence-corrected chi connectivity index (χ2v) is 9.84. The van der Waals surface area contributed by atoms with Crippen LogP contribution >= 0.6 is 35.0 Å². The van der Waals surface area contributed by atoms with Crippen molar-refractivity contribution in [3.8, 4) is 0 Å². The Kier molecular flexibility index (Phi) is 5.47. The van der Waals surface area contributed by atoms with Gasteiger partial charge in [0.25, 0.3) is 5.91 Å². The van der Waals surface area contributed by atoms with Crippen LogP contribution in [0.5, 0.6) is 0 Å². The zero-order valence-electron chi connectivity index (χ0n) is 15.9. The summed E-state index contributed by atoms with van der Waals surface area (Å²) in [5.41, 5.74) is 4.83. The molecule has 146 valence electrons. The Balaban J connectivity index is 1.52. The summed E-state index contributed by atoms with van der Waals surface area (Å²) in [5.74, 6) is 2.03. The maximum absolute atomic E-state index is 12.5. The first-order valence-corrected chi connectivity index (χ1v) is 11.2. The van der Waals surface area contributed by atoms with Gasteiger partial charge in [0.15, 0.2) is 0 Å². The predicted molar refractivity (Wildman–Crippen MR) is 120 cm³/mol. The third-order valence-electron chi connectivity index (χ3n) is 5.51. The summed E-state index contributed by atoms with van der Waals surface area (Å²) in [6, 6.07) is 12.0. The van der Waals surface area contributed by atoms with Gasteiger partial charge in [0, 0.05) is 57.2 Å². The van der Waals surface area contributed by atoms with Crippen LogP contribution in [0.25, 0.3) is 0 Å². The average Bonchev–Trinajstić information content (AvgIpc) is 3.01. The van der Waals surface area contributed by atoms with Crippen LogP contribution in [0, 0.1) is 6.92 Å². The van der Waals surface area contributed by atoms with Crippen molar-refractivity contribution in [3.63, 3.8) is 0 Å². The molecule has 2 aromatic carbocycles. The van der Waals surface area contributed by atoms with Gasteiger partial charge in [0.05, 0.1) is 0 Å². The van der Waals surface area contributed by atoms with Crippen molar-refractivity contribution in [2.75, 3.05) is 18.1 Å². The molecule has 0 aromatic heterocycles. The van der Waals surface area contributed by atoms with Crippen LogP contribution in [-0.4, -0.2) is 35.7 Å². The van der Waals surface area contributed by atoms with Crippen LogP contribution in [-0.2, 0) is 5.41 Å². The lowest BCUT2D eigenvalue weighted by atomic mass is 9.79. The molecule has 1 atom stereocenters. The molecule has 0 aliphatic carbocycles. The lowest BCUT2D eigenvalue weighted by Gasteiger charge is -2.26. The molecule has 4 rings (SSSR count). The molecule has 1 amide bonds. The Bertz CT molecular complexity index is 951. The summed E-state index contributed by atoms with van der Waals surface area (Å²) in [7, 11) is 0. The lowest BCUT2D eigenvalue weighted by Crippen LogP contribution is -2.44. The summed E-state index contributed by atoms with van der Waals surface area (Å²) < 4.78 is 0. The van der Waals surface area contributed by atoms with E-state index in [4.69, 9.17) is 28.2 Å². The molecule has 0 radical (unpaired) electrons.